The number of aromatic nitrogens is 2. The molecule has 0 unspecified atom stereocenters. The van der Waals surface area contributed by atoms with Gasteiger partial charge in [0.2, 0.25) is 5.91 Å². The van der Waals surface area contributed by atoms with Crippen LogP contribution in [0, 0.1) is 0 Å². The molecule has 2 aromatic rings. The molecule has 1 amide bonds. The zero-order valence-corrected chi connectivity index (χ0v) is 15.7. The Labute approximate surface area is 158 Å². The molecule has 1 fully saturated rings. The molecule has 1 saturated heterocycles. The van der Waals surface area contributed by atoms with E-state index in [0.717, 1.165) is 17.1 Å². The quantitative estimate of drug-likeness (QED) is 0.691. The molecule has 1 aromatic carbocycles. The Balaban J connectivity index is 1.48. The van der Waals surface area contributed by atoms with E-state index in [0.29, 0.717) is 26.2 Å². The Morgan fingerprint density at radius 2 is 2.11 bits per heavy atom. The van der Waals surface area contributed by atoms with Crippen LogP contribution in [0.4, 0.5) is 0 Å². The second kappa shape index (κ2) is 8.98. The lowest BCUT2D eigenvalue weighted by Gasteiger charge is -2.17. The van der Waals surface area contributed by atoms with Crippen molar-refractivity contribution in [3.05, 3.63) is 48.0 Å². The fourth-order valence-electron chi connectivity index (χ4n) is 3.15. The lowest BCUT2D eigenvalue weighted by Crippen LogP contribution is -2.44. The van der Waals surface area contributed by atoms with Crippen molar-refractivity contribution in [2.75, 3.05) is 26.8 Å². The third-order valence-electron chi connectivity index (χ3n) is 4.60. The van der Waals surface area contributed by atoms with E-state index in [4.69, 9.17) is 9.47 Å². The summed E-state index contributed by atoms with van der Waals surface area (Å²) >= 11 is 0. The maximum atomic E-state index is 11.6. The van der Waals surface area contributed by atoms with Crippen LogP contribution < -0.4 is 10.1 Å². The highest BCUT2D eigenvalue weighted by Crippen LogP contribution is 2.18. The summed E-state index contributed by atoms with van der Waals surface area (Å²) in [5, 5.41) is 13.0. The van der Waals surface area contributed by atoms with Gasteiger partial charge in [-0.05, 0) is 17.7 Å². The van der Waals surface area contributed by atoms with Crippen molar-refractivity contribution in [2.45, 2.75) is 25.3 Å². The van der Waals surface area contributed by atoms with E-state index in [1.807, 2.05) is 42.1 Å². The Hall–Kier alpha value is -2.42. The highest BCUT2D eigenvalue weighted by molar-refractivity contribution is 5.77. The highest BCUT2D eigenvalue weighted by atomic mass is 16.5. The first-order valence-electron chi connectivity index (χ1n) is 8.92. The summed E-state index contributed by atoms with van der Waals surface area (Å²) in [6.45, 7) is 2.25. The summed E-state index contributed by atoms with van der Waals surface area (Å²) in [6, 6.07) is 7.62. The number of aliphatic hydroxyl groups is 1. The Bertz CT molecular complexity index is 746. The number of methoxy groups -OCH3 is 1. The number of ether oxygens (including phenoxy) is 2. The summed E-state index contributed by atoms with van der Waals surface area (Å²) in [7, 11) is 3.41. The minimum absolute atomic E-state index is 0.00294. The molecule has 0 radical (unpaired) electrons. The minimum Gasteiger partial charge on any atom is -0.486 e. The minimum atomic E-state index is -0.578. The second-order valence-corrected chi connectivity index (χ2v) is 6.76. The van der Waals surface area contributed by atoms with Crippen LogP contribution in [0.5, 0.6) is 5.75 Å². The van der Waals surface area contributed by atoms with Gasteiger partial charge in [-0.15, -0.1) is 0 Å². The SMILES string of the molecule is COCC(=O)N[C@@H]1CN(Cc2ccc(OCc3nccn3C)cc2)C[C@H]1O. The van der Waals surface area contributed by atoms with Crippen molar-refractivity contribution in [1.82, 2.24) is 19.8 Å². The van der Waals surface area contributed by atoms with Crippen LogP contribution in [0.3, 0.4) is 0 Å². The van der Waals surface area contributed by atoms with E-state index in [9.17, 15) is 9.90 Å². The van der Waals surface area contributed by atoms with Gasteiger partial charge in [0.1, 0.15) is 24.8 Å². The molecule has 0 aliphatic carbocycles. The van der Waals surface area contributed by atoms with Crippen molar-refractivity contribution in [2.24, 2.45) is 7.05 Å². The normalized spacial score (nSPS) is 20.0. The molecule has 146 valence electrons. The van der Waals surface area contributed by atoms with Crippen LogP contribution in [0.1, 0.15) is 11.4 Å². The van der Waals surface area contributed by atoms with Gasteiger partial charge in [-0.1, -0.05) is 12.1 Å². The summed E-state index contributed by atoms with van der Waals surface area (Å²) in [6.07, 6.45) is 3.06. The number of aryl methyl sites for hydroxylation is 1. The zero-order valence-electron chi connectivity index (χ0n) is 15.7. The average molecular weight is 374 g/mol. The van der Waals surface area contributed by atoms with E-state index in [2.05, 4.69) is 15.2 Å². The molecule has 2 atom stereocenters. The molecule has 1 aliphatic rings. The molecular formula is C19H26N4O4. The van der Waals surface area contributed by atoms with Gasteiger partial charge in [-0.2, -0.15) is 0 Å². The van der Waals surface area contributed by atoms with Gasteiger partial charge < -0.3 is 24.5 Å². The molecule has 0 spiro atoms. The van der Waals surface area contributed by atoms with Gasteiger partial charge >= 0.3 is 0 Å². The molecular weight excluding hydrogens is 348 g/mol. The van der Waals surface area contributed by atoms with Gasteiger partial charge in [0.15, 0.2) is 0 Å². The number of likely N-dealkylation sites (tertiary alicyclic amines) is 1. The average Bonchev–Trinajstić information content (AvgIpc) is 3.20. The van der Waals surface area contributed by atoms with Crippen LogP contribution in [0.2, 0.25) is 0 Å². The molecule has 8 nitrogen and oxygen atoms in total. The molecule has 2 N–H and O–H groups in total. The number of carbonyl (C=O) groups is 1. The first-order valence-corrected chi connectivity index (χ1v) is 8.92. The number of hydrogen-bond acceptors (Lipinski definition) is 6. The van der Waals surface area contributed by atoms with Crippen LogP contribution in [-0.2, 0) is 29.7 Å². The molecule has 3 rings (SSSR count). The number of carbonyl (C=O) groups excluding carboxylic acids is 1. The van der Waals surface area contributed by atoms with Gasteiger partial charge in [0.05, 0.1) is 12.1 Å². The number of benzene rings is 1. The molecule has 8 heteroatoms. The summed E-state index contributed by atoms with van der Waals surface area (Å²) in [5.74, 6) is 1.44. The molecule has 1 aliphatic heterocycles. The number of rotatable bonds is 8. The second-order valence-electron chi connectivity index (χ2n) is 6.76. The zero-order chi connectivity index (χ0) is 19.2. The van der Waals surface area contributed by atoms with Crippen molar-refractivity contribution >= 4 is 5.91 Å². The summed E-state index contributed by atoms with van der Waals surface area (Å²) in [4.78, 5) is 18.0. The van der Waals surface area contributed by atoms with Crippen molar-refractivity contribution in [1.29, 1.82) is 0 Å². The number of β-amino-alcohol motifs (C(OH)–C–C–N with tert-alkyl or cyclic N) is 1. The fraction of sp³-hybridized carbons (Fsp3) is 0.474. The smallest absolute Gasteiger partial charge is 0.246 e. The van der Waals surface area contributed by atoms with Gasteiger partial charge in [-0.25, -0.2) is 4.98 Å². The molecule has 27 heavy (non-hydrogen) atoms. The largest absolute Gasteiger partial charge is 0.486 e. The van der Waals surface area contributed by atoms with Crippen LogP contribution in [-0.4, -0.2) is 64.4 Å². The van der Waals surface area contributed by atoms with E-state index >= 15 is 0 Å². The van der Waals surface area contributed by atoms with Gasteiger partial charge in [0.25, 0.3) is 0 Å². The molecule has 1 aromatic heterocycles. The monoisotopic (exact) mass is 374 g/mol. The molecule has 2 heterocycles. The maximum absolute atomic E-state index is 11.6. The van der Waals surface area contributed by atoms with Crippen LogP contribution >= 0.6 is 0 Å². The predicted octanol–water partition coefficient (Wildman–Crippen LogP) is 0.307. The Morgan fingerprint density at radius 3 is 2.78 bits per heavy atom. The number of imidazole rings is 1. The molecule has 0 bridgehead atoms. The topological polar surface area (TPSA) is 88.9 Å². The highest BCUT2D eigenvalue weighted by Gasteiger charge is 2.32. The molecule has 0 saturated carbocycles. The number of aliphatic hydroxyl groups excluding tert-OH is 1. The standard InChI is InChI=1S/C19H26N4O4/c1-22-8-7-20-18(22)12-27-15-5-3-14(4-6-15)9-23-10-16(17(24)11-23)21-19(25)13-26-2/h3-8,16-17,24H,9-13H2,1-2H3,(H,21,25)/t16-,17-/m1/s1. The van der Waals surface area contributed by atoms with Crippen molar-refractivity contribution in [3.8, 4) is 5.75 Å². The summed E-state index contributed by atoms with van der Waals surface area (Å²) in [5.41, 5.74) is 1.12. The number of nitrogens with zero attached hydrogens (tertiary/aromatic N) is 3. The third-order valence-corrected chi connectivity index (χ3v) is 4.60. The van der Waals surface area contributed by atoms with E-state index < -0.39 is 6.10 Å². The predicted molar refractivity (Wildman–Crippen MR) is 99.1 cm³/mol. The van der Waals surface area contributed by atoms with Crippen LogP contribution in [0.15, 0.2) is 36.7 Å². The first-order chi connectivity index (χ1) is 13.0. The Kier molecular flexibility index (Phi) is 6.44. The van der Waals surface area contributed by atoms with Crippen LogP contribution in [0.25, 0.3) is 0 Å². The summed E-state index contributed by atoms with van der Waals surface area (Å²) < 4.78 is 12.5. The fourth-order valence-corrected chi connectivity index (χ4v) is 3.15. The van der Waals surface area contributed by atoms with E-state index in [-0.39, 0.29) is 18.6 Å². The lowest BCUT2D eigenvalue weighted by molar-refractivity contribution is -0.125. The van der Waals surface area contributed by atoms with E-state index in [1.54, 1.807) is 6.20 Å². The van der Waals surface area contributed by atoms with Gasteiger partial charge in [0, 0.05) is 46.2 Å². The van der Waals surface area contributed by atoms with E-state index in [1.165, 1.54) is 7.11 Å². The van der Waals surface area contributed by atoms with Crippen molar-refractivity contribution < 1.29 is 19.4 Å². The third kappa shape index (κ3) is 5.29. The number of nitrogens with one attached hydrogen (secondary N) is 1. The van der Waals surface area contributed by atoms with Gasteiger partial charge in [-0.3, -0.25) is 9.69 Å². The Morgan fingerprint density at radius 1 is 1.33 bits per heavy atom. The number of hydrogen-bond donors (Lipinski definition) is 2. The first kappa shape index (κ1) is 19.3. The number of amides is 1. The van der Waals surface area contributed by atoms with Crippen molar-refractivity contribution in [3.63, 3.8) is 0 Å². The lowest BCUT2D eigenvalue weighted by atomic mass is 10.2. The maximum Gasteiger partial charge on any atom is 0.246 e.